The summed E-state index contributed by atoms with van der Waals surface area (Å²) in [6.07, 6.45) is 6.01. The van der Waals surface area contributed by atoms with Crippen molar-refractivity contribution in [1.29, 1.82) is 0 Å². The van der Waals surface area contributed by atoms with Crippen LogP contribution in [0.15, 0.2) is 30.7 Å². The van der Waals surface area contributed by atoms with Crippen molar-refractivity contribution in [3.63, 3.8) is 0 Å². The first kappa shape index (κ1) is 19.2. The minimum atomic E-state index is -0.0686. The lowest BCUT2D eigenvalue weighted by molar-refractivity contribution is 0.0659. The zero-order valence-corrected chi connectivity index (χ0v) is 17.2. The summed E-state index contributed by atoms with van der Waals surface area (Å²) in [5.41, 5.74) is 2.01. The Bertz CT molecular complexity index is 1030. The first-order valence-electron chi connectivity index (χ1n) is 9.87. The van der Waals surface area contributed by atoms with E-state index in [4.69, 9.17) is 0 Å². The maximum absolute atomic E-state index is 13.3. The zero-order valence-electron chi connectivity index (χ0n) is 17.2. The third kappa shape index (κ3) is 3.74. The average Bonchev–Trinajstić information content (AvgIpc) is 3.09. The highest BCUT2D eigenvalue weighted by Crippen LogP contribution is 2.28. The molecule has 1 aliphatic heterocycles. The molecule has 0 saturated heterocycles. The summed E-state index contributed by atoms with van der Waals surface area (Å²) >= 11 is 0. The van der Waals surface area contributed by atoms with Gasteiger partial charge in [0.15, 0.2) is 11.6 Å². The van der Waals surface area contributed by atoms with E-state index in [1.165, 1.54) is 0 Å². The van der Waals surface area contributed by atoms with Gasteiger partial charge in [-0.15, -0.1) is 10.2 Å². The molecular formula is C21H25N7O. The van der Waals surface area contributed by atoms with Crippen LogP contribution in [0.4, 0.5) is 0 Å². The van der Waals surface area contributed by atoms with E-state index in [9.17, 15) is 4.79 Å². The number of pyridine rings is 1. The van der Waals surface area contributed by atoms with E-state index >= 15 is 0 Å². The Labute approximate surface area is 170 Å². The van der Waals surface area contributed by atoms with Gasteiger partial charge in [-0.3, -0.25) is 9.78 Å². The lowest BCUT2D eigenvalue weighted by Crippen LogP contribution is -2.42. The normalized spacial score (nSPS) is 16.2. The molecule has 4 heterocycles. The van der Waals surface area contributed by atoms with Crippen molar-refractivity contribution in [3.8, 4) is 11.4 Å². The number of aromatic nitrogens is 6. The first-order valence-corrected chi connectivity index (χ1v) is 9.87. The van der Waals surface area contributed by atoms with Gasteiger partial charge in [-0.25, -0.2) is 9.97 Å². The summed E-state index contributed by atoms with van der Waals surface area (Å²) in [6, 6.07) is 3.92. The fraction of sp³-hybridized carbons (Fsp3) is 0.429. The highest BCUT2D eigenvalue weighted by Gasteiger charge is 2.32. The molecule has 4 rings (SSSR count). The standard InChI is InChI=1S/C21H25N7O/c1-13(2)8-17-11-27(12-19-26-25-15(4)28(17)19)21(29)18-10-23-20(24-14(18)3)16-6-5-7-22-9-16/h5-7,9-10,13,17H,8,11-12H2,1-4H3/t17-/m0/s1. The van der Waals surface area contributed by atoms with Gasteiger partial charge in [0.25, 0.3) is 5.91 Å². The van der Waals surface area contributed by atoms with Gasteiger partial charge in [0.1, 0.15) is 5.82 Å². The van der Waals surface area contributed by atoms with Crippen LogP contribution >= 0.6 is 0 Å². The van der Waals surface area contributed by atoms with Crippen LogP contribution in [0.25, 0.3) is 11.4 Å². The summed E-state index contributed by atoms with van der Waals surface area (Å²) in [7, 11) is 0. The van der Waals surface area contributed by atoms with Crippen LogP contribution < -0.4 is 0 Å². The summed E-state index contributed by atoms with van der Waals surface area (Å²) in [4.78, 5) is 28.2. The predicted octanol–water partition coefficient (Wildman–Crippen LogP) is 2.99. The molecule has 8 nitrogen and oxygen atoms in total. The van der Waals surface area contributed by atoms with Crippen molar-refractivity contribution in [2.75, 3.05) is 6.54 Å². The number of hydrogen-bond donors (Lipinski definition) is 0. The molecule has 1 atom stereocenters. The minimum Gasteiger partial charge on any atom is -0.329 e. The van der Waals surface area contributed by atoms with Gasteiger partial charge in [0.05, 0.1) is 23.8 Å². The fourth-order valence-corrected chi connectivity index (χ4v) is 3.93. The number of carbonyl (C=O) groups is 1. The molecule has 0 radical (unpaired) electrons. The summed E-state index contributed by atoms with van der Waals surface area (Å²) < 4.78 is 2.18. The van der Waals surface area contributed by atoms with Crippen molar-refractivity contribution in [1.82, 2.24) is 34.6 Å². The molecule has 150 valence electrons. The van der Waals surface area contributed by atoms with Gasteiger partial charge in [0.2, 0.25) is 0 Å². The first-order chi connectivity index (χ1) is 13.9. The lowest BCUT2D eigenvalue weighted by atomic mass is 10.0. The van der Waals surface area contributed by atoms with Crippen LogP contribution in [0.3, 0.4) is 0 Å². The molecule has 0 aromatic carbocycles. The van der Waals surface area contributed by atoms with Crippen LogP contribution in [0.5, 0.6) is 0 Å². The summed E-state index contributed by atoms with van der Waals surface area (Å²) in [5, 5.41) is 8.53. The van der Waals surface area contributed by atoms with Gasteiger partial charge in [-0.1, -0.05) is 13.8 Å². The van der Waals surface area contributed by atoms with Crippen LogP contribution in [0.1, 0.15) is 54.0 Å². The third-order valence-electron chi connectivity index (χ3n) is 5.23. The molecule has 0 aliphatic carbocycles. The molecular weight excluding hydrogens is 366 g/mol. The quantitative estimate of drug-likeness (QED) is 0.679. The monoisotopic (exact) mass is 391 g/mol. The van der Waals surface area contributed by atoms with Crippen molar-refractivity contribution >= 4 is 5.91 Å². The van der Waals surface area contributed by atoms with Gasteiger partial charge < -0.3 is 9.47 Å². The number of hydrogen-bond acceptors (Lipinski definition) is 6. The summed E-state index contributed by atoms with van der Waals surface area (Å²) in [5.74, 6) is 2.74. The molecule has 3 aromatic rings. The highest BCUT2D eigenvalue weighted by molar-refractivity contribution is 5.95. The molecule has 8 heteroatoms. The number of aryl methyl sites for hydroxylation is 2. The summed E-state index contributed by atoms with van der Waals surface area (Å²) in [6.45, 7) is 9.27. The number of carbonyl (C=O) groups excluding carboxylic acids is 1. The topological polar surface area (TPSA) is 89.7 Å². The molecule has 0 bridgehead atoms. The predicted molar refractivity (Wildman–Crippen MR) is 108 cm³/mol. The Morgan fingerprint density at radius 2 is 2.07 bits per heavy atom. The molecule has 0 fully saturated rings. The molecule has 0 spiro atoms. The third-order valence-corrected chi connectivity index (χ3v) is 5.23. The van der Waals surface area contributed by atoms with Crippen LogP contribution in [-0.4, -0.2) is 47.1 Å². The van der Waals surface area contributed by atoms with E-state index in [0.717, 1.165) is 23.6 Å². The van der Waals surface area contributed by atoms with E-state index in [-0.39, 0.29) is 11.9 Å². The van der Waals surface area contributed by atoms with Crippen molar-refractivity contribution < 1.29 is 4.79 Å². The second kappa shape index (κ2) is 7.69. The van der Waals surface area contributed by atoms with Crippen LogP contribution in [-0.2, 0) is 6.54 Å². The molecule has 1 aliphatic rings. The highest BCUT2D eigenvalue weighted by atomic mass is 16.2. The fourth-order valence-electron chi connectivity index (χ4n) is 3.93. The maximum Gasteiger partial charge on any atom is 0.257 e. The van der Waals surface area contributed by atoms with E-state index < -0.39 is 0 Å². The Balaban J connectivity index is 1.61. The van der Waals surface area contributed by atoms with Gasteiger partial charge in [0, 0.05) is 30.7 Å². The number of nitrogens with zero attached hydrogens (tertiary/aromatic N) is 7. The van der Waals surface area contributed by atoms with E-state index in [1.54, 1.807) is 18.6 Å². The molecule has 0 unspecified atom stereocenters. The van der Waals surface area contributed by atoms with Crippen LogP contribution in [0, 0.1) is 19.8 Å². The van der Waals surface area contributed by atoms with Crippen molar-refractivity contribution in [2.45, 2.75) is 46.7 Å². The second-order valence-corrected chi connectivity index (χ2v) is 7.94. The number of rotatable bonds is 4. The van der Waals surface area contributed by atoms with Crippen molar-refractivity contribution in [2.24, 2.45) is 5.92 Å². The second-order valence-electron chi connectivity index (χ2n) is 7.94. The van der Waals surface area contributed by atoms with E-state index in [2.05, 4.69) is 43.6 Å². The van der Waals surface area contributed by atoms with E-state index in [0.29, 0.717) is 36.1 Å². The number of fused-ring (bicyclic) bond motifs is 1. The Hall–Kier alpha value is -3.16. The average molecular weight is 391 g/mol. The number of amides is 1. The molecule has 29 heavy (non-hydrogen) atoms. The SMILES string of the molecule is Cc1nc(-c2cccnc2)ncc1C(=O)N1Cc2nnc(C)n2[C@@H](CC(C)C)C1. The molecule has 0 N–H and O–H groups in total. The smallest absolute Gasteiger partial charge is 0.257 e. The molecule has 3 aromatic heterocycles. The lowest BCUT2D eigenvalue weighted by Gasteiger charge is -2.35. The van der Waals surface area contributed by atoms with Crippen molar-refractivity contribution in [3.05, 3.63) is 53.6 Å². The minimum absolute atomic E-state index is 0.0686. The maximum atomic E-state index is 13.3. The van der Waals surface area contributed by atoms with Crippen LogP contribution in [0.2, 0.25) is 0 Å². The van der Waals surface area contributed by atoms with Gasteiger partial charge in [-0.2, -0.15) is 0 Å². The van der Waals surface area contributed by atoms with Gasteiger partial charge in [-0.05, 0) is 38.3 Å². The Kier molecular flexibility index (Phi) is 5.08. The zero-order chi connectivity index (χ0) is 20.5. The van der Waals surface area contributed by atoms with Gasteiger partial charge >= 0.3 is 0 Å². The molecule has 0 saturated carbocycles. The Morgan fingerprint density at radius 1 is 1.24 bits per heavy atom. The van der Waals surface area contributed by atoms with E-state index in [1.807, 2.05) is 30.9 Å². The Morgan fingerprint density at radius 3 is 2.76 bits per heavy atom. The largest absolute Gasteiger partial charge is 0.329 e. The molecule has 1 amide bonds.